The van der Waals surface area contributed by atoms with E-state index in [1.54, 1.807) is 6.20 Å². The molecule has 1 saturated carbocycles. The normalized spacial score (nSPS) is 22.7. The first kappa shape index (κ1) is 13.7. The van der Waals surface area contributed by atoms with Crippen molar-refractivity contribution < 1.29 is 13.9 Å². The smallest absolute Gasteiger partial charge is 0.302 e. The molecule has 0 amide bonds. The van der Waals surface area contributed by atoms with E-state index in [0.717, 1.165) is 0 Å². The molecule has 2 aromatic heterocycles. The van der Waals surface area contributed by atoms with Crippen molar-refractivity contribution >= 4 is 40.9 Å². The van der Waals surface area contributed by atoms with Crippen molar-refractivity contribution in [3.8, 4) is 0 Å². The second-order valence-corrected chi connectivity index (χ2v) is 5.13. The number of halogens is 2. The number of aromatic nitrogens is 4. The van der Waals surface area contributed by atoms with Crippen LogP contribution in [0.1, 0.15) is 13.3 Å². The lowest BCUT2D eigenvalue weighted by atomic mass is 10.4. The quantitative estimate of drug-likeness (QED) is 0.683. The largest absolute Gasteiger partial charge is 0.462 e. The van der Waals surface area contributed by atoms with Crippen LogP contribution in [-0.2, 0) is 9.53 Å². The zero-order valence-corrected chi connectivity index (χ0v) is 11.8. The average molecular weight is 312 g/mol. The van der Waals surface area contributed by atoms with Crippen molar-refractivity contribution in [3.63, 3.8) is 0 Å². The summed E-state index contributed by atoms with van der Waals surface area (Å²) in [6.07, 6.45) is 3.18. The number of hydrogen-bond acceptors (Lipinski definition) is 6. The first-order chi connectivity index (χ1) is 9.89. The number of fused-ring (bicyclic) bond motifs is 1. The minimum absolute atomic E-state index is 0.00914. The van der Waals surface area contributed by atoms with Crippen LogP contribution in [0.2, 0.25) is 5.15 Å². The maximum Gasteiger partial charge on any atom is 0.302 e. The number of carbonyl (C=O) groups is 1. The molecule has 0 aromatic carbocycles. The van der Waals surface area contributed by atoms with Crippen LogP contribution in [0.25, 0.3) is 17.4 Å². The zero-order valence-electron chi connectivity index (χ0n) is 11.0. The van der Waals surface area contributed by atoms with Crippen LogP contribution in [0, 0.1) is 0 Å². The summed E-state index contributed by atoms with van der Waals surface area (Å²) in [7, 11) is 0. The van der Waals surface area contributed by atoms with Crippen LogP contribution < -0.4 is 5.73 Å². The van der Waals surface area contributed by atoms with E-state index in [-0.39, 0.29) is 24.1 Å². The molecular weight excluding hydrogens is 301 g/mol. The van der Waals surface area contributed by atoms with Gasteiger partial charge in [-0.1, -0.05) is 11.6 Å². The standard InChI is InChI=1S/C12H11ClFN5O2/c1-6(20)21-4-12(14)2-7(12)3-19-5-16-8-9(13)17-11(15)18-10(8)19/h3,5H,2,4H2,1H3,(H2,15,17,18)/b7-3+. The second kappa shape index (κ2) is 4.66. The molecule has 2 N–H and O–H groups in total. The highest BCUT2D eigenvalue weighted by Gasteiger charge is 2.51. The van der Waals surface area contributed by atoms with Crippen LogP contribution in [-0.4, -0.2) is 37.8 Å². The molecule has 0 spiro atoms. The second-order valence-electron chi connectivity index (χ2n) is 4.77. The summed E-state index contributed by atoms with van der Waals surface area (Å²) in [6.45, 7) is 0.943. The topological polar surface area (TPSA) is 95.9 Å². The molecule has 1 atom stereocenters. The molecule has 1 aliphatic carbocycles. The Balaban J connectivity index is 1.90. The van der Waals surface area contributed by atoms with Crippen LogP contribution in [0.15, 0.2) is 11.9 Å². The van der Waals surface area contributed by atoms with Crippen LogP contribution in [0.3, 0.4) is 0 Å². The molecule has 0 saturated heterocycles. The highest BCUT2D eigenvalue weighted by molar-refractivity contribution is 6.33. The first-order valence-corrected chi connectivity index (χ1v) is 6.46. The molecule has 1 aliphatic rings. The van der Waals surface area contributed by atoms with Gasteiger partial charge in [-0.05, 0) is 5.57 Å². The SMILES string of the molecule is CC(=O)OCC1(F)C/C1=C\n1cnc2c(Cl)nc(N)nc21. The summed E-state index contributed by atoms with van der Waals surface area (Å²) < 4.78 is 20.4. The monoisotopic (exact) mass is 311 g/mol. The van der Waals surface area contributed by atoms with Gasteiger partial charge in [0.25, 0.3) is 0 Å². The fourth-order valence-corrected chi connectivity index (χ4v) is 2.16. The molecule has 0 radical (unpaired) electrons. The summed E-state index contributed by atoms with van der Waals surface area (Å²) in [5.41, 5.74) is 5.17. The Labute approximate surface area is 123 Å². The van der Waals surface area contributed by atoms with Gasteiger partial charge in [-0.25, -0.2) is 9.37 Å². The van der Waals surface area contributed by atoms with E-state index in [1.165, 1.54) is 17.8 Å². The van der Waals surface area contributed by atoms with Gasteiger partial charge in [-0.15, -0.1) is 0 Å². The molecule has 2 aromatic rings. The van der Waals surface area contributed by atoms with Gasteiger partial charge >= 0.3 is 5.97 Å². The van der Waals surface area contributed by atoms with E-state index in [2.05, 4.69) is 15.0 Å². The Bertz CT molecular complexity index is 774. The van der Waals surface area contributed by atoms with Gasteiger partial charge in [-0.3, -0.25) is 9.36 Å². The molecule has 2 heterocycles. The lowest BCUT2D eigenvalue weighted by Gasteiger charge is -2.04. The zero-order chi connectivity index (χ0) is 15.2. The van der Waals surface area contributed by atoms with Crippen molar-refractivity contribution in [2.45, 2.75) is 19.0 Å². The highest BCUT2D eigenvalue weighted by atomic mass is 35.5. The number of nitrogens with two attached hydrogens (primary N) is 1. The molecule has 7 nitrogen and oxygen atoms in total. The Kier molecular flexibility index (Phi) is 3.05. The summed E-state index contributed by atoms with van der Waals surface area (Å²) >= 11 is 5.91. The van der Waals surface area contributed by atoms with Crippen LogP contribution in [0.4, 0.5) is 10.3 Å². The Hall–Kier alpha value is -2.22. The van der Waals surface area contributed by atoms with Gasteiger partial charge < -0.3 is 10.5 Å². The van der Waals surface area contributed by atoms with Crippen molar-refractivity contribution in [2.75, 3.05) is 12.3 Å². The molecule has 0 aliphatic heterocycles. The average Bonchev–Trinajstić information content (AvgIpc) is 2.84. The molecule has 3 rings (SSSR count). The molecule has 110 valence electrons. The van der Waals surface area contributed by atoms with Gasteiger partial charge in [0.15, 0.2) is 16.5 Å². The van der Waals surface area contributed by atoms with E-state index in [4.69, 9.17) is 22.1 Å². The van der Waals surface area contributed by atoms with E-state index in [0.29, 0.717) is 16.7 Å². The van der Waals surface area contributed by atoms with E-state index < -0.39 is 11.6 Å². The summed E-state index contributed by atoms with van der Waals surface area (Å²) in [5, 5.41) is 0.136. The molecular formula is C12H11ClFN5O2. The minimum Gasteiger partial charge on any atom is -0.462 e. The van der Waals surface area contributed by atoms with Crippen LogP contribution in [0.5, 0.6) is 0 Å². The first-order valence-electron chi connectivity index (χ1n) is 6.08. The van der Waals surface area contributed by atoms with E-state index in [9.17, 15) is 9.18 Å². The molecule has 9 heteroatoms. The van der Waals surface area contributed by atoms with Crippen molar-refractivity contribution in [3.05, 3.63) is 17.1 Å². The van der Waals surface area contributed by atoms with Crippen molar-refractivity contribution in [2.24, 2.45) is 0 Å². The number of rotatable bonds is 3. The van der Waals surface area contributed by atoms with Crippen molar-refractivity contribution in [1.29, 1.82) is 0 Å². The molecule has 21 heavy (non-hydrogen) atoms. The number of nitrogens with zero attached hydrogens (tertiary/aromatic N) is 4. The van der Waals surface area contributed by atoms with Crippen LogP contribution >= 0.6 is 11.6 Å². The summed E-state index contributed by atoms with van der Waals surface area (Å²) in [6, 6.07) is 0. The molecule has 0 bridgehead atoms. The van der Waals surface area contributed by atoms with Crippen molar-refractivity contribution in [1.82, 2.24) is 19.5 Å². The molecule has 1 unspecified atom stereocenters. The lowest BCUT2D eigenvalue weighted by molar-refractivity contribution is -0.142. The van der Waals surface area contributed by atoms with E-state index in [1.807, 2.05) is 0 Å². The maximum atomic E-state index is 14.2. The summed E-state index contributed by atoms with van der Waals surface area (Å²) in [4.78, 5) is 22.6. The Morgan fingerprint density at radius 1 is 1.67 bits per heavy atom. The number of esters is 1. The predicted octanol–water partition coefficient (Wildman–Crippen LogP) is 1.58. The third kappa shape index (κ3) is 2.54. The number of carbonyl (C=O) groups excluding carboxylic acids is 1. The Morgan fingerprint density at radius 3 is 3.14 bits per heavy atom. The lowest BCUT2D eigenvalue weighted by Crippen LogP contribution is -2.14. The fraction of sp³-hybridized carbons (Fsp3) is 0.333. The van der Waals surface area contributed by atoms with Gasteiger partial charge in [-0.2, -0.15) is 9.97 Å². The summed E-state index contributed by atoms with van der Waals surface area (Å²) in [5.74, 6) is -0.506. The number of alkyl halides is 1. The van der Waals surface area contributed by atoms with Gasteiger partial charge in [0.05, 0.1) is 0 Å². The van der Waals surface area contributed by atoms with E-state index >= 15 is 0 Å². The Morgan fingerprint density at radius 2 is 2.43 bits per heavy atom. The minimum atomic E-state index is -1.62. The predicted molar refractivity (Wildman–Crippen MR) is 74.1 cm³/mol. The number of imidazole rings is 1. The fourth-order valence-electron chi connectivity index (χ4n) is 1.94. The maximum absolute atomic E-state index is 14.2. The number of ether oxygens (including phenoxy) is 1. The highest BCUT2D eigenvalue weighted by Crippen LogP contribution is 2.47. The van der Waals surface area contributed by atoms with Gasteiger partial charge in [0, 0.05) is 19.5 Å². The number of anilines is 1. The third-order valence-corrected chi connectivity index (χ3v) is 3.38. The molecule has 1 fully saturated rings. The van der Waals surface area contributed by atoms with Gasteiger partial charge in [0.1, 0.15) is 18.5 Å². The third-order valence-electron chi connectivity index (χ3n) is 3.12. The number of nitrogen functional groups attached to an aromatic ring is 1. The van der Waals surface area contributed by atoms with Gasteiger partial charge in [0.2, 0.25) is 5.95 Å². The number of hydrogen-bond donors (Lipinski definition) is 1.